The number of rotatable bonds is 1. The lowest BCUT2D eigenvalue weighted by molar-refractivity contribution is 0.231. The minimum atomic E-state index is 0.576. The van der Waals surface area contributed by atoms with Crippen molar-refractivity contribution >= 4 is 5.69 Å². The predicted octanol–water partition coefficient (Wildman–Crippen LogP) is 2.58. The highest BCUT2D eigenvalue weighted by Crippen LogP contribution is 2.36. The molecule has 1 saturated carbocycles. The summed E-state index contributed by atoms with van der Waals surface area (Å²) in [4.78, 5) is 6.54. The van der Waals surface area contributed by atoms with Crippen LogP contribution in [0.1, 0.15) is 31.4 Å². The molecule has 0 spiro atoms. The minimum absolute atomic E-state index is 0.576. The van der Waals surface area contributed by atoms with Crippen LogP contribution in [0.25, 0.3) is 0 Å². The van der Waals surface area contributed by atoms with E-state index in [-0.39, 0.29) is 0 Å². The SMILES string of the molecule is N#Cc1ncccc1N1CC2CCCC(C2)C1. The molecule has 2 atom stereocenters. The Bertz CT molecular complexity index is 437. The third-order valence-electron chi connectivity index (χ3n) is 4.08. The Morgan fingerprint density at radius 2 is 2.06 bits per heavy atom. The fourth-order valence-corrected chi connectivity index (χ4v) is 3.37. The standard InChI is InChI=1S/C14H17N3/c15-8-13-14(5-2-6-16-13)17-9-11-3-1-4-12(7-11)10-17/h2,5-6,11-12H,1,3-4,7,9-10H2. The number of anilines is 1. The molecule has 1 aromatic rings. The number of hydrogen-bond acceptors (Lipinski definition) is 3. The molecule has 88 valence electrons. The lowest BCUT2D eigenvalue weighted by atomic mass is 9.78. The molecule has 0 N–H and O–H groups in total. The molecule has 1 saturated heterocycles. The van der Waals surface area contributed by atoms with Gasteiger partial charge in [-0.2, -0.15) is 5.26 Å². The van der Waals surface area contributed by atoms with Crippen molar-refractivity contribution in [3.05, 3.63) is 24.0 Å². The van der Waals surface area contributed by atoms with Gasteiger partial charge in [-0.15, -0.1) is 0 Å². The van der Waals surface area contributed by atoms with E-state index in [9.17, 15) is 0 Å². The first-order valence-electron chi connectivity index (χ1n) is 6.47. The summed E-state index contributed by atoms with van der Waals surface area (Å²) >= 11 is 0. The number of aromatic nitrogens is 1. The monoisotopic (exact) mass is 227 g/mol. The fraction of sp³-hybridized carbons (Fsp3) is 0.571. The molecule has 0 amide bonds. The van der Waals surface area contributed by atoms with Gasteiger partial charge in [0.25, 0.3) is 0 Å². The number of nitriles is 1. The molecule has 3 rings (SSSR count). The van der Waals surface area contributed by atoms with Crippen LogP contribution in [-0.2, 0) is 0 Å². The van der Waals surface area contributed by atoms with E-state index in [1.807, 2.05) is 12.1 Å². The van der Waals surface area contributed by atoms with Crippen molar-refractivity contribution in [2.75, 3.05) is 18.0 Å². The molecule has 3 nitrogen and oxygen atoms in total. The Labute approximate surface area is 102 Å². The van der Waals surface area contributed by atoms with Crippen molar-refractivity contribution in [3.63, 3.8) is 0 Å². The topological polar surface area (TPSA) is 39.9 Å². The zero-order chi connectivity index (χ0) is 11.7. The van der Waals surface area contributed by atoms with Crippen LogP contribution in [0.3, 0.4) is 0 Å². The number of nitrogens with zero attached hydrogens (tertiary/aromatic N) is 3. The van der Waals surface area contributed by atoms with Crippen molar-refractivity contribution in [2.24, 2.45) is 11.8 Å². The van der Waals surface area contributed by atoms with Crippen molar-refractivity contribution < 1.29 is 0 Å². The maximum Gasteiger partial charge on any atom is 0.163 e. The van der Waals surface area contributed by atoms with Crippen LogP contribution in [-0.4, -0.2) is 18.1 Å². The van der Waals surface area contributed by atoms with Crippen molar-refractivity contribution in [3.8, 4) is 6.07 Å². The average molecular weight is 227 g/mol. The van der Waals surface area contributed by atoms with E-state index in [1.165, 1.54) is 25.7 Å². The van der Waals surface area contributed by atoms with Gasteiger partial charge in [-0.25, -0.2) is 4.98 Å². The number of fused-ring (bicyclic) bond motifs is 2. The van der Waals surface area contributed by atoms with E-state index in [2.05, 4.69) is 16.0 Å². The number of piperidine rings is 1. The molecule has 1 aromatic heterocycles. The van der Waals surface area contributed by atoms with Crippen LogP contribution in [0.5, 0.6) is 0 Å². The molecule has 2 unspecified atom stereocenters. The van der Waals surface area contributed by atoms with Gasteiger partial charge in [0.05, 0.1) is 5.69 Å². The molecule has 2 fully saturated rings. The molecule has 1 aliphatic heterocycles. The zero-order valence-electron chi connectivity index (χ0n) is 9.97. The zero-order valence-corrected chi connectivity index (χ0v) is 9.97. The molecular formula is C14H17N3. The maximum absolute atomic E-state index is 9.11. The van der Waals surface area contributed by atoms with E-state index in [4.69, 9.17) is 5.26 Å². The van der Waals surface area contributed by atoms with Gasteiger partial charge in [0.15, 0.2) is 5.69 Å². The third kappa shape index (κ3) is 2.00. The summed E-state index contributed by atoms with van der Waals surface area (Å²) in [5, 5.41) is 9.11. The summed E-state index contributed by atoms with van der Waals surface area (Å²) in [5.41, 5.74) is 1.61. The van der Waals surface area contributed by atoms with Gasteiger partial charge in [-0.1, -0.05) is 6.42 Å². The molecule has 3 heteroatoms. The van der Waals surface area contributed by atoms with Crippen LogP contribution in [0.2, 0.25) is 0 Å². The van der Waals surface area contributed by atoms with Crippen LogP contribution in [0, 0.1) is 23.2 Å². The summed E-state index contributed by atoms with van der Waals surface area (Å²) < 4.78 is 0. The van der Waals surface area contributed by atoms with E-state index in [0.717, 1.165) is 30.6 Å². The molecule has 2 bridgehead atoms. The number of pyridine rings is 1. The number of hydrogen-bond donors (Lipinski definition) is 0. The highest BCUT2D eigenvalue weighted by Gasteiger charge is 2.31. The lowest BCUT2D eigenvalue weighted by Crippen LogP contribution is -2.43. The van der Waals surface area contributed by atoms with Crippen LogP contribution >= 0.6 is 0 Å². The fourth-order valence-electron chi connectivity index (χ4n) is 3.37. The summed E-state index contributed by atoms with van der Waals surface area (Å²) in [6.07, 6.45) is 7.19. The van der Waals surface area contributed by atoms with Gasteiger partial charge in [-0.3, -0.25) is 0 Å². The third-order valence-corrected chi connectivity index (χ3v) is 4.08. The van der Waals surface area contributed by atoms with Gasteiger partial charge in [0.2, 0.25) is 0 Å². The largest absolute Gasteiger partial charge is 0.369 e. The molecule has 0 aromatic carbocycles. The molecule has 0 radical (unpaired) electrons. The Hall–Kier alpha value is -1.56. The van der Waals surface area contributed by atoms with Crippen molar-refractivity contribution in [2.45, 2.75) is 25.7 Å². The van der Waals surface area contributed by atoms with Gasteiger partial charge >= 0.3 is 0 Å². The quantitative estimate of drug-likeness (QED) is 0.740. The highest BCUT2D eigenvalue weighted by atomic mass is 15.2. The average Bonchev–Trinajstić information content (AvgIpc) is 2.38. The molecule has 2 aliphatic rings. The van der Waals surface area contributed by atoms with Crippen LogP contribution in [0.15, 0.2) is 18.3 Å². The summed E-state index contributed by atoms with van der Waals surface area (Å²) in [6, 6.07) is 6.17. The maximum atomic E-state index is 9.11. The van der Waals surface area contributed by atoms with Gasteiger partial charge in [0, 0.05) is 19.3 Å². The van der Waals surface area contributed by atoms with Gasteiger partial charge in [0.1, 0.15) is 6.07 Å². The highest BCUT2D eigenvalue weighted by molar-refractivity contribution is 5.56. The summed E-state index contributed by atoms with van der Waals surface area (Å²) in [6.45, 7) is 2.22. The van der Waals surface area contributed by atoms with Crippen LogP contribution in [0.4, 0.5) is 5.69 Å². The second kappa shape index (κ2) is 4.37. The lowest BCUT2D eigenvalue weighted by Gasteiger charge is -2.42. The van der Waals surface area contributed by atoms with Crippen molar-refractivity contribution in [1.82, 2.24) is 4.98 Å². The van der Waals surface area contributed by atoms with Gasteiger partial charge in [-0.05, 0) is 43.2 Å². The second-order valence-electron chi connectivity index (χ2n) is 5.29. The van der Waals surface area contributed by atoms with E-state index >= 15 is 0 Å². The van der Waals surface area contributed by atoms with Crippen molar-refractivity contribution in [1.29, 1.82) is 5.26 Å². The normalized spacial score (nSPS) is 27.6. The molecule has 2 heterocycles. The minimum Gasteiger partial charge on any atom is -0.369 e. The molecule has 17 heavy (non-hydrogen) atoms. The summed E-state index contributed by atoms with van der Waals surface area (Å²) in [7, 11) is 0. The predicted molar refractivity (Wildman–Crippen MR) is 66.6 cm³/mol. The Kier molecular flexibility index (Phi) is 2.72. The first kappa shape index (κ1) is 10.6. The second-order valence-corrected chi connectivity index (χ2v) is 5.29. The molecule has 1 aliphatic carbocycles. The van der Waals surface area contributed by atoms with E-state index in [0.29, 0.717) is 5.69 Å². The van der Waals surface area contributed by atoms with E-state index < -0.39 is 0 Å². The first-order valence-corrected chi connectivity index (χ1v) is 6.47. The Morgan fingerprint density at radius 3 is 2.76 bits per heavy atom. The van der Waals surface area contributed by atoms with E-state index in [1.54, 1.807) is 6.20 Å². The van der Waals surface area contributed by atoms with Crippen LogP contribution < -0.4 is 4.90 Å². The first-order chi connectivity index (χ1) is 8.36. The summed E-state index contributed by atoms with van der Waals surface area (Å²) in [5.74, 6) is 1.66. The molecular weight excluding hydrogens is 210 g/mol. The smallest absolute Gasteiger partial charge is 0.163 e. The van der Waals surface area contributed by atoms with Gasteiger partial charge < -0.3 is 4.90 Å². The Morgan fingerprint density at radius 1 is 1.29 bits per heavy atom. The Balaban J connectivity index is 1.87.